The normalized spacial score (nSPS) is 12.6. The summed E-state index contributed by atoms with van der Waals surface area (Å²) in [6.07, 6.45) is 0.428. The second kappa shape index (κ2) is 11.0. The molecule has 10 heteroatoms. The number of nitrogens with zero attached hydrogens (tertiary/aromatic N) is 3. The van der Waals surface area contributed by atoms with Crippen LogP contribution in [0.5, 0.6) is 0 Å². The summed E-state index contributed by atoms with van der Waals surface area (Å²) in [6, 6.07) is 23.3. The first-order chi connectivity index (χ1) is 16.3. The molecule has 0 bridgehead atoms. The maximum atomic E-state index is 13.2. The number of nitrogens with one attached hydrogen (secondary N) is 1. The van der Waals surface area contributed by atoms with E-state index in [9.17, 15) is 8.42 Å². The van der Waals surface area contributed by atoms with Gasteiger partial charge in [-0.25, -0.2) is 13.1 Å². The standard InChI is InChI=1S/C24H22BrClN4O2S2/c1-30-23(27-28-24(30)33-16-18-7-9-19(25)10-8-18)22(15-17-5-3-2-4-6-17)29-34(31,32)21-13-11-20(26)12-14-21/h2-14,22,29H,15-16H2,1H3/t22-/m0/s1. The lowest BCUT2D eigenvalue weighted by Crippen LogP contribution is -2.32. The molecule has 0 fully saturated rings. The van der Waals surface area contributed by atoms with Gasteiger partial charge in [0.1, 0.15) is 0 Å². The summed E-state index contributed by atoms with van der Waals surface area (Å²) >= 11 is 10.9. The van der Waals surface area contributed by atoms with Crippen LogP contribution < -0.4 is 4.72 Å². The molecule has 4 rings (SSSR count). The highest BCUT2D eigenvalue weighted by Crippen LogP contribution is 2.26. The quantitative estimate of drug-likeness (QED) is 0.255. The van der Waals surface area contributed by atoms with Gasteiger partial charge >= 0.3 is 0 Å². The molecule has 0 aliphatic heterocycles. The minimum absolute atomic E-state index is 0.141. The van der Waals surface area contributed by atoms with E-state index in [0.717, 1.165) is 21.4 Å². The number of halogens is 2. The van der Waals surface area contributed by atoms with Gasteiger partial charge in [0, 0.05) is 22.3 Å². The molecule has 34 heavy (non-hydrogen) atoms. The molecule has 0 radical (unpaired) electrons. The first-order valence-corrected chi connectivity index (χ1v) is 14.0. The number of thioether (sulfide) groups is 1. The van der Waals surface area contributed by atoms with Crippen molar-refractivity contribution in [3.63, 3.8) is 0 Å². The van der Waals surface area contributed by atoms with Gasteiger partial charge in [-0.1, -0.05) is 81.8 Å². The molecule has 0 aliphatic rings. The van der Waals surface area contributed by atoms with Gasteiger partial charge in [-0.15, -0.1) is 10.2 Å². The predicted octanol–water partition coefficient (Wildman–Crippen LogP) is 5.79. The third kappa shape index (κ3) is 6.28. The lowest BCUT2D eigenvalue weighted by atomic mass is 10.1. The van der Waals surface area contributed by atoms with Gasteiger partial charge in [-0.3, -0.25) is 0 Å². The lowest BCUT2D eigenvalue weighted by Gasteiger charge is -2.19. The zero-order valence-electron chi connectivity index (χ0n) is 18.2. The minimum atomic E-state index is -3.81. The van der Waals surface area contributed by atoms with Crippen molar-refractivity contribution in [2.45, 2.75) is 28.3 Å². The first kappa shape index (κ1) is 24.9. The Morgan fingerprint density at radius 3 is 2.32 bits per heavy atom. The number of hydrogen-bond donors (Lipinski definition) is 1. The molecule has 1 heterocycles. The Bertz CT molecular complexity index is 1350. The van der Waals surface area contributed by atoms with E-state index in [1.807, 2.05) is 66.2 Å². The van der Waals surface area contributed by atoms with E-state index in [4.69, 9.17) is 11.6 Å². The predicted molar refractivity (Wildman–Crippen MR) is 139 cm³/mol. The van der Waals surface area contributed by atoms with E-state index in [2.05, 4.69) is 30.8 Å². The van der Waals surface area contributed by atoms with Gasteiger partial charge in [0.2, 0.25) is 10.0 Å². The Labute approximate surface area is 216 Å². The molecule has 176 valence electrons. The van der Waals surface area contributed by atoms with Crippen LogP contribution in [0.15, 0.2) is 93.4 Å². The zero-order chi connectivity index (χ0) is 24.1. The smallest absolute Gasteiger partial charge is 0.241 e. The molecule has 0 aliphatic carbocycles. The molecular weight excluding hydrogens is 556 g/mol. The zero-order valence-corrected chi connectivity index (χ0v) is 22.2. The van der Waals surface area contributed by atoms with Crippen molar-refractivity contribution in [3.8, 4) is 0 Å². The highest BCUT2D eigenvalue weighted by molar-refractivity contribution is 9.10. The van der Waals surface area contributed by atoms with Crippen molar-refractivity contribution >= 4 is 49.3 Å². The Hall–Kier alpha value is -2.17. The van der Waals surface area contributed by atoms with E-state index in [1.54, 1.807) is 23.9 Å². The van der Waals surface area contributed by atoms with Crippen LogP contribution in [0.4, 0.5) is 0 Å². The van der Waals surface area contributed by atoms with Crippen molar-refractivity contribution in [1.29, 1.82) is 0 Å². The van der Waals surface area contributed by atoms with Crippen LogP contribution in [0.25, 0.3) is 0 Å². The third-order valence-electron chi connectivity index (χ3n) is 5.17. The molecule has 0 saturated heterocycles. The van der Waals surface area contributed by atoms with Gasteiger partial charge in [0.25, 0.3) is 0 Å². The van der Waals surface area contributed by atoms with Gasteiger partial charge in [0.15, 0.2) is 11.0 Å². The van der Waals surface area contributed by atoms with Crippen molar-refractivity contribution in [2.75, 3.05) is 0 Å². The van der Waals surface area contributed by atoms with Crippen molar-refractivity contribution in [2.24, 2.45) is 7.05 Å². The molecule has 0 unspecified atom stereocenters. The van der Waals surface area contributed by atoms with Gasteiger partial charge in [-0.05, 0) is 53.9 Å². The van der Waals surface area contributed by atoms with Gasteiger partial charge < -0.3 is 4.57 Å². The van der Waals surface area contributed by atoms with Crippen molar-refractivity contribution < 1.29 is 8.42 Å². The largest absolute Gasteiger partial charge is 0.308 e. The monoisotopic (exact) mass is 576 g/mol. The van der Waals surface area contributed by atoms with Crippen molar-refractivity contribution in [1.82, 2.24) is 19.5 Å². The Morgan fingerprint density at radius 1 is 0.971 bits per heavy atom. The summed E-state index contributed by atoms with van der Waals surface area (Å²) in [5.41, 5.74) is 2.14. The number of aromatic nitrogens is 3. The number of hydrogen-bond acceptors (Lipinski definition) is 5. The van der Waals surface area contributed by atoms with E-state index in [0.29, 0.717) is 22.4 Å². The number of benzene rings is 3. The molecule has 0 amide bonds. The number of rotatable bonds is 9. The first-order valence-electron chi connectivity index (χ1n) is 10.4. The van der Waals surface area contributed by atoms with Crippen LogP contribution in [0.2, 0.25) is 5.02 Å². The second-order valence-corrected chi connectivity index (χ2v) is 11.6. The summed E-state index contributed by atoms with van der Waals surface area (Å²) in [5, 5.41) is 9.89. The van der Waals surface area contributed by atoms with Crippen LogP contribution >= 0.6 is 39.3 Å². The van der Waals surface area contributed by atoms with E-state index in [1.165, 1.54) is 12.1 Å². The topological polar surface area (TPSA) is 76.9 Å². The van der Waals surface area contributed by atoms with E-state index >= 15 is 0 Å². The second-order valence-electron chi connectivity index (χ2n) is 7.63. The van der Waals surface area contributed by atoms with Crippen LogP contribution in [-0.2, 0) is 29.2 Å². The summed E-state index contributed by atoms with van der Waals surface area (Å²) in [4.78, 5) is 0.141. The number of sulfonamides is 1. The Balaban J connectivity index is 1.59. The van der Waals surface area contributed by atoms with E-state index < -0.39 is 16.1 Å². The highest BCUT2D eigenvalue weighted by atomic mass is 79.9. The molecule has 1 atom stereocenters. The maximum Gasteiger partial charge on any atom is 0.241 e. The average Bonchev–Trinajstić information content (AvgIpc) is 3.19. The summed E-state index contributed by atoms with van der Waals surface area (Å²) in [6.45, 7) is 0. The van der Waals surface area contributed by atoms with Crippen LogP contribution in [0.3, 0.4) is 0 Å². The molecule has 6 nitrogen and oxygen atoms in total. The Kier molecular flexibility index (Phi) is 8.10. The lowest BCUT2D eigenvalue weighted by molar-refractivity contribution is 0.530. The van der Waals surface area contributed by atoms with E-state index in [-0.39, 0.29) is 4.90 Å². The average molecular weight is 578 g/mol. The van der Waals surface area contributed by atoms with Crippen LogP contribution in [-0.4, -0.2) is 23.2 Å². The summed E-state index contributed by atoms with van der Waals surface area (Å²) in [5.74, 6) is 1.26. The fourth-order valence-corrected chi connectivity index (χ4v) is 5.85. The third-order valence-corrected chi connectivity index (χ3v) is 8.53. The maximum absolute atomic E-state index is 13.2. The van der Waals surface area contributed by atoms with Crippen LogP contribution in [0, 0.1) is 0 Å². The summed E-state index contributed by atoms with van der Waals surface area (Å²) < 4.78 is 32.0. The fourth-order valence-electron chi connectivity index (χ4n) is 3.39. The highest BCUT2D eigenvalue weighted by Gasteiger charge is 2.26. The van der Waals surface area contributed by atoms with Gasteiger partial charge in [-0.2, -0.15) is 0 Å². The molecule has 1 aromatic heterocycles. The van der Waals surface area contributed by atoms with Crippen LogP contribution in [0.1, 0.15) is 23.0 Å². The molecule has 0 saturated carbocycles. The summed E-state index contributed by atoms with van der Waals surface area (Å²) in [7, 11) is -1.96. The molecule has 1 N–H and O–H groups in total. The molecule has 4 aromatic rings. The fraction of sp³-hybridized carbons (Fsp3) is 0.167. The Morgan fingerprint density at radius 2 is 1.65 bits per heavy atom. The minimum Gasteiger partial charge on any atom is -0.308 e. The molecule has 0 spiro atoms. The molecule has 3 aromatic carbocycles. The molecular formula is C24H22BrClN4O2S2. The van der Waals surface area contributed by atoms with Crippen molar-refractivity contribution in [3.05, 3.63) is 105 Å². The SMILES string of the molecule is Cn1c(SCc2ccc(Br)cc2)nnc1[C@H](Cc1ccccc1)NS(=O)(=O)c1ccc(Cl)cc1. The van der Waals surface area contributed by atoms with Gasteiger partial charge in [0.05, 0.1) is 10.9 Å².